The molecule has 1 N–H and O–H groups in total. The lowest BCUT2D eigenvalue weighted by Gasteiger charge is -2.05. The number of halogens is 1. The summed E-state index contributed by atoms with van der Waals surface area (Å²) in [4.78, 5) is 15.4. The molecule has 0 fully saturated rings. The molecular formula is C16H12ClNO. The third-order valence-corrected chi connectivity index (χ3v) is 3.36. The number of pyridine rings is 1. The first-order chi connectivity index (χ1) is 9.13. The molecule has 3 rings (SSSR count). The van der Waals surface area contributed by atoms with Crippen LogP contribution < -0.4 is 5.43 Å². The lowest BCUT2D eigenvalue weighted by atomic mass is 10.1. The number of benzene rings is 2. The van der Waals surface area contributed by atoms with E-state index in [1.165, 1.54) is 0 Å². The van der Waals surface area contributed by atoms with Gasteiger partial charge in [-0.05, 0) is 36.8 Å². The number of rotatable bonds is 1. The molecular weight excluding hydrogens is 258 g/mol. The van der Waals surface area contributed by atoms with E-state index in [1.54, 1.807) is 6.07 Å². The van der Waals surface area contributed by atoms with Crippen LogP contribution in [0.5, 0.6) is 0 Å². The van der Waals surface area contributed by atoms with E-state index < -0.39 is 0 Å². The Hall–Kier alpha value is -2.06. The van der Waals surface area contributed by atoms with Crippen LogP contribution in [-0.4, -0.2) is 4.98 Å². The van der Waals surface area contributed by atoms with Crippen molar-refractivity contribution < 1.29 is 0 Å². The molecule has 0 aliphatic carbocycles. The monoisotopic (exact) mass is 269 g/mol. The quantitative estimate of drug-likeness (QED) is 0.707. The van der Waals surface area contributed by atoms with Crippen LogP contribution in [0.1, 0.15) is 5.56 Å². The maximum atomic E-state index is 12.2. The zero-order valence-corrected chi connectivity index (χ0v) is 11.2. The van der Waals surface area contributed by atoms with Crippen LogP contribution in [0.15, 0.2) is 53.3 Å². The summed E-state index contributed by atoms with van der Waals surface area (Å²) in [5, 5.41) is 1.37. The number of aromatic nitrogens is 1. The van der Waals surface area contributed by atoms with Crippen molar-refractivity contribution in [3.05, 3.63) is 69.3 Å². The number of H-pyrrole nitrogens is 1. The third kappa shape index (κ3) is 2.27. The summed E-state index contributed by atoms with van der Waals surface area (Å²) < 4.78 is 0. The SMILES string of the molecule is Cc1ccc2[nH]c(-c3cccc(Cl)c3)cc(=O)c2c1. The lowest BCUT2D eigenvalue weighted by Crippen LogP contribution is -2.03. The van der Waals surface area contributed by atoms with Crippen LogP contribution >= 0.6 is 11.6 Å². The molecule has 1 heterocycles. The van der Waals surface area contributed by atoms with Crippen molar-refractivity contribution in [1.29, 1.82) is 0 Å². The van der Waals surface area contributed by atoms with Gasteiger partial charge in [0.15, 0.2) is 5.43 Å². The smallest absolute Gasteiger partial charge is 0.190 e. The molecule has 2 nitrogen and oxygen atoms in total. The minimum atomic E-state index is 0.0208. The number of hydrogen-bond donors (Lipinski definition) is 1. The Morgan fingerprint density at radius 1 is 1.05 bits per heavy atom. The van der Waals surface area contributed by atoms with Gasteiger partial charge in [0.05, 0.1) is 0 Å². The number of nitrogens with one attached hydrogen (secondary N) is 1. The van der Waals surface area contributed by atoms with Gasteiger partial charge in [-0.25, -0.2) is 0 Å². The van der Waals surface area contributed by atoms with E-state index in [4.69, 9.17) is 11.6 Å². The van der Waals surface area contributed by atoms with Gasteiger partial charge in [-0.1, -0.05) is 35.4 Å². The summed E-state index contributed by atoms with van der Waals surface area (Å²) >= 11 is 5.98. The van der Waals surface area contributed by atoms with Crippen molar-refractivity contribution >= 4 is 22.5 Å². The summed E-state index contributed by atoms with van der Waals surface area (Å²) in [6, 6.07) is 14.9. The van der Waals surface area contributed by atoms with Crippen molar-refractivity contribution in [2.45, 2.75) is 6.92 Å². The third-order valence-electron chi connectivity index (χ3n) is 3.12. The molecule has 1 aromatic heterocycles. The predicted molar refractivity (Wildman–Crippen MR) is 79.8 cm³/mol. The summed E-state index contributed by atoms with van der Waals surface area (Å²) in [5.74, 6) is 0. The standard InChI is InChI=1S/C16H12ClNO/c1-10-5-6-14-13(7-10)16(19)9-15(18-14)11-3-2-4-12(17)8-11/h2-9H,1H3,(H,18,19). The molecule has 3 aromatic rings. The minimum Gasteiger partial charge on any atom is -0.354 e. The minimum absolute atomic E-state index is 0.0208. The zero-order chi connectivity index (χ0) is 13.4. The van der Waals surface area contributed by atoms with Gasteiger partial charge in [0, 0.05) is 27.7 Å². The molecule has 0 saturated carbocycles. The highest BCUT2D eigenvalue weighted by Gasteiger charge is 2.04. The second kappa shape index (κ2) is 4.56. The summed E-state index contributed by atoms with van der Waals surface area (Å²) in [7, 11) is 0. The average molecular weight is 270 g/mol. The summed E-state index contributed by atoms with van der Waals surface area (Å²) in [5.41, 5.74) is 3.63. The van der Waals surface area contributed by atoms with Crippen molar-refractivity contribution in [2.24, 2.45) is 0 Å². The van der Waals surface area contributed by atoms with Gasteiger partial charge in [-0.15, -0.1) is 0 Å². The Morgan fingerprint density at radius 3 is 2.68 bits per heavy atom. The molecule has 19 heavy (non-hydrogen) atoms. The van der Waals surface area contributed by atoms with Crippen LogP contribution in [0.25, 0.3) is 22.2 Å². The van der Waals surface area contributed by atoms with Gasteiger partial charge in [-0.3, -0.25) is 4.79 Å². The second-order valence-electron chi connectivity index (χ2n) is 4.61. The fraction of sp³-hybridized carbons (Fsp3) is 0.0625. The van der Waals surface area contributed by atoms with Crippen LogP contribution in [0.4, 0.5) is 0 Å². The van der Waals surface area contributed by atoms with Crippen LogP contribution in [0.2, 0.25) is 5.02 Å². The first-order valence-corrected chi connectivity index (χ1v) is 6.41. The molecule has 0 spiro atoms. The van der Waals surface area contributed by atoms with E-state index in [-0.39, 0.29) is 5.43 Å². The highest BCUT2D eigenvalue weighted by atomic mass is 35.5. The van der Waals surface area contributed by atoms with E-state index >= 15 is 0 Å². The maximum Gasteiger partial charge on any atom is 0.190 e. The van der Waals surface area contributed by atoms with Crippen LogP contribution in [-0.2, 0) is 0 Å². The summed E-state index contributed by atoms with van der Waals surface area (Å²) in [6.07, 6.45) is 0. The first kappa shape index (κ1) is 12.0. The highest BCUT2D eigenvalue weighted by Crippen LogP contribution is 2.22. The maximum absolute atomic E-state index is 12.2. The average Bonchev–Trinajstić information content (AvgIpc) is 2.39. The van der Waals surface area contributed by atoms with Gasteiger partial charge in [0.1, 0.15) is 0 Å². The number of hydrogen-bond acceptors (Lipinski definition) is 1. The molecule has 0 aliphatic rings. The molecule has 0 amide bonds. The first-order valence-electron chi connectivity index (χ1n) is 6.03. The second-order valence-corrected chi connectivity index (χ2v) is 5.04. The van der Waals surface area contributed by atoms with E-state index in [9.17, 15) is 4.79 Å². The Morgan fingerprint density at radius 2 is 1.89 bits per heavy atom. The molecule has 3 heteroatoms. The zero-order valence-electron chi connectivity index (χ0n) is 10.4. The Bertz CT molecular complexity index is 820. The van der Waals surface area contributed by atoms with Crippen molar-refractivity contribution in [3.8, 4) is 11.3 Å². The van der Waals surface area contributed by atoms with Gasteiger partial charge in [-0.2, -0.15) is 0 Å². The van der Waals surface area contributed by atoms with Gasteiger partial charge in [0.2, 0.25) is 0 Å². The van der Waals surface area contributed by atoms with Gasteiger partial charge >= 0.3 is 0 Å². The fourth-order valence-electron chi connectivity index (χ4n) is 2.17. The highest BCUT2D eigenvalue weighted by molar-refractivity contribution is 6.30. The van der Waals surface area contributed by atoms with E-state index in [0.29, 0.717) is 10.4 Å². The molecule has 94 valence electrons. The normalized spacial score (nSPS) is 10.8. The lowest BCUT2D eigenvalue weighted by molar-refractivity contribution is 1.37. The van der Waals surface area contributed by atoms with E-state index in [1.807, 2.05) is 49.4 Å². The largest absolute Gasteiger partial charge is 0.354 e. The number of aromatic amines is 1. The van der Waals surface area contributed by atoms with Gasteiger partial charge < -0.3 is 4.98 Å². The molecule has 0 atom stereocenters. The fourth-order valence-corrected chi connectivity index (χ4v) is 2.36. The molecule has 2 aromatic carbocycles. The van der Waals surface area contributed by atoms with Crippen molar-refractivity contribution in [3.63, 3.8) is 0 Å². The number of fused-ring (bicyclic) bond motifs is 1. The summed E-state index contributed by atoms with van der Waals surface area (Å²) in [6.45, 7) is 1.98. The Kier molecular flexibility index (Phi) is 2.88. The topological polar surface area (TPSA) is 32.9 Å². The van der Waals surface area contributed by atoms with E-state index in [2.05, 4.69) is 4.98 Å². The predicted octanol–water partition coefficient (Wildman–Crippen LogP) is 4.16. The number of aryl methyl sites for hydroxylation is 1. The van der Waals surface area contributed by atoms with E-state index in [0.717, 1.165) is 22.3 Å². The molecule has 0 radical (unpaired) electrons. The Balaban J connectivity index is 2.27. The van der Waals surface area contributed by atoms with Crippen molar-refractivity contribution in [1.82, 2.24) is 4.98 Å². The molecule has 0 aliphatic heterocycles. The van der Waals surface area contributed by atoms with Crippen LogP contribution in [0, 0.1) is 6.92 Å². The molecule has 0 saturated heterocycles. The van der Waals surface area contributed by atoms with Gasteiger partial charge in [0.25, 0.3) is 0 Å². The van der Waals surface area contributed by atoms with Crippen molar-refractivity contribution in [2.75, 3.05) is 0 Å². The molecule has 0 unspecified atom stereocenters. The van der Waals surface area contributed by atoms with Crippen LogP contribution in [0.3, 0.4) is 0 Å². The Labute approximate surface area is 115 Å². The molecule has 0 bridgehead atoms.